The molecule has 5 nitrogen and oxygen atoms in total. The van der Waals surface area contributed by atoms with E-state index in [4.69, 9.17) is 9.47 Å². The maximum Gasteiger partial charge on any atom is 0.178 e. The molecule has 1 aliphatic heterocycles. The second-order valence-electron chi connectivity index (χ2n) is 5.67. The maximum atomic E-state index is 11.9. The van der Waals surface area contributed by atoms with Gasteiger partial charge in [-0.25, -0.2) is 8.42 Å². The first-order valence-corrected chi connectivity index (χ1v) is 8.86. The predicted octanol–water partition coefficient (Wildman–Crippen LogP) is 2.43. The molecule has 0 saturated carbocycles. The van der Waals surface area contributed by atoms with Gasteiger partial charge in [0.1, 0.15) is 6.10 Å². The molecule has 2 rings (SSSR count). The normalized spacial score (nSPS) is 21.4. The van der Waals surface area contributed by atoms with Gasteiger partial charge in [-0.1, -0.05) is 6.92 Å². The number of nitrogens with one attached hydrogen (secondary N) is 1. The Balaban J connectivity index is 1.91. The van der Waals surface area contributed by atoms with E-state index in [-0.39, 0.29) is 11.9 Å². The van der Waals surface area contributed by atoms with Gasteiger partial charge in [-0.05, 0) is 44.5 Å². The van der Waals surface area contributed by atoms with Crippen molar-refractivity contribution in [3.8, 4) is 0 Å². The summed E-state index contributed by atoms with van der Waals surface area (Å²) in [4.78, 5) is 0.372. The summed E-state index contributed by atoms with van der Waals surface area (Å²) < 4.78 is 35.0. The van der Waals surface area contributed by atoms with E-state index in [1.165, 1.54) is 0 Å². The van der Waals surface area contributed by atoms with Gasteiger partial charge in [-0.3, -0.25) is 0 Å². The Bertz CT molecular complexity index is 566. The van der Waals surface area contributed by atoms with E-state index < -0.39 is 15.6 Å². The fourth-order valence-electron chi connectivity index (χ4n) is 2.26. The molecule has 21 heavy (non-hydrogen) atoms. The van der Waals surface area contributed by atoms with Crippen molar-refractivity contribution >= 4 is 15.5 Å². The summed E-state index contributed by atoms with van der Waals surface area (Å²) in [6, 6.07) is 6.85. The van der Waals surface area contributed by atoms with Crippen molar-refractivity contribution in [3.63, 3.8) is 0 Å². The molecule has 1 aromatic rings. The van der Waals surface area contributed by atoms with Crippen LogP contribution in [0, 0.1) is 0 Å². The zero-order valence-electron chi connectivity index (χ0n) is 12.8. The highest BCUT2D eigenvalue weighted by molar-refractivity contribution is 7.91. The molecule has 0 aromatic heterocycles. The van der Waals surface area contributed by atoms with Gasteiger partial charge in [0.15, 0.2) is 15.6 Å². The van der Waals surface area contributed by atoms with Crippen LogP contribution in [0.4, 0.5) is 5.69 Å². The number of sulfone groups is 1. The highest BCUT2D eigenvalue weighted by Gasteiger charge is 2.32. The molecular weight excluding hydrogens is 290 g/mol. The lowest BCUT2D eigenvalue weighted by atomic mass is 10.3. The first-order chi connectivity index (χ1) is 9.82. The van der Waals surface area contributed by atoms with Gasteiger partial charge in [0, 0.05) is 12.2 Å². The van der Waals surface area contributed by atoms with Crippen molar-refractivity contribution in [2.75, 3.05) is 24.2 Å². The van der Waals surface area contributed by atoms with Crippen molar-refractivity contribution in [1.29, 1.82) is 0 Å². The summed E-state index contributed by atoms with van der Waals surface area (Å²) >= 11 is 0. The molecule has 0 amide bonds. The molecule has 0 bridgehead atoms. The molecule has 1 aliphatic rings. The standard InChI is InChI=1S/C15H23NO4S/c1-4-9-21(17,18)14-7-5-12(6-8-14)16-10-13-11-19-15(2,3)20-13/h5-8,13,16H,4,9-11H2,1-3H3. The zero-order valence-corrected chi connectivity index (χ0v) is 13.6. The molecule has 1 saturated heterocycles. The first-order valence-electron chi connectivity index (χ1n) is 7.21. The van der Waals surface area contributed by atoms with Gasteiger partial charge < -0.3 is 14.8 Å². The van der Waals surface area contributed by atoms with Gasteiger partial charge in [0.2, 0.25) is 0 Å². The van der Waals surface area contributed by atoms with Crippen LogP contribution in [0.3, 0.4) is 0 Å². The van der Waals surface area contributed by atoms with Crippen LogP contribution < -0.4 is 5.32 Å². The first kappa shape index (κ1) is 16.3. The van der Waals surface area contributed by atoms with Crippen LogP contribution in [0.15, 0.2) is 29.2 Å². The van der Waals surface area contributed by atoms with Gasteiger partial charge in [0.25, 0.3) is 0 Å². The quantitative estimate of drug-likeness (QED) is 0.874. The van der Waals surface area contributed by atoms with Crippen LogP contribution in [0.25, 0.3) is 0 Å². The largest absolute Gasteiger partial charge is 0.382 e. The number of benzene rings is 1. The van der Waals surface area contributed by atoms with Crippen LogP contribution >= 0.6 is 0 Å². The van der Waals surface area contributed by atoms with Crippen molar-refractivity contribution in [3.05, 3.63) is 24.3 Å². The zero-order chi connectivity index (χ0) is 15.5. The van der Waals surface area contributed by atoms with Gasteiger partial charge in [0.05, 0.1) is 17.3 Å². The Kier molecular flexibility index (Phi) is 4.91. The van der Waals surface area contributed by atoms with Crippen molar-refractivity contribution < 1.29 is 17.9 Å². The van der Waals surface area contributed by atoms with Gasteiger partial charge in [-0.15, -0.1) is 0 Å². The molecule has 6 heteroatoms. The van der Waals surface area contributed by atoms with Crippen LogP contribution in [0.5, 0.6) is 0 Å². The highest BCUT2D eigenvalue weighted by Crippen LogP contribution is 2.23. The maximum absolute atomic E-state index is 11.9. The van der Waals surface area contributed by atoms with Crippen LogP contribution in [0.1, 0.15) is 27.2 Å². The van der Waals surface area contributed by atoms with Gasteiger partial charge in [-0.2, -0.15) is 0 Å². The average molecular weight is 313 g/mol. The minimum absolute atomic E-state index is 0.00324. The minimum Gasteiger partial charge on any atom is -0.382 e. The summed E-state index contributed by atoms with van der Waals surface area (Å²) in [7, 11) is -3.15. The molecule has 118 valence electrons. The number of ether oxygens (including phenoxy) is 2. The molecule has 1 unspecified atom stereocenters. The van der Waals surface area contributed by atoms with E-state index in [0.29, 0.717) is 24.5 Å². The fourth-order valence-corrected chi connectivity index (χ4v) is 3.59. The number of hydrogen-bond acceptors (Lipinski definition) is 5. The molecule has 1 N–H and O–H groups in total. The van der Waals surface area contributed by atoms with E-state index >= 15 is 0 Å². The van der Waals surface area contributed by atoms with Crippen LogP contribution in [-0.4, -0.2) is 39.2 Å². The van der Waals surface area contributed by atoms with E-state index in [1.807, 2.05) is 20.8 Å². The molecule has 1 fully saturated rings. The van der Waals surface area contributed by atoms with Crippen LogP contribution in [0.2, 0.25) is 0 Å². The summed E-state index contributed by atoms with van der Waals surface area (Å²) in [5.74, 6) is -0.341. The van der Waals surface area contributed by atoms with Crippen molar-refractivity contribution in [2.24, 2.45) is 0 Å². The second-order valence-corrected chi connectivity index (χ2v) is 7.78. The Morgan fingerprint density at radius 2 is 1.95 bits per heavy atom. The monoisotopic (exact) mass is 313 g/mol. The number of anilines is 1. The summed E-state index contributed by atoms with van der Waals surface area (Å²) in [5.41, 5.74) is 0.874. The Morgan fingerprint density at radius 3 is 2.48 bits per heavy atom. The third kappa shape index (κ3) is 4.43. The number of hydrogen-bond donors (Lipinski definition) is 1. The van der Waals surface area contributed by atoms with Crippen molar-refractivity contribution in [1.82, 2.24) is 0 Å². The minimum atomic E-state index is -3.15. The van der Waals surface area contributed by atoms with E-state index in [9.17, 15) is 8.42 Å². The van der Waals surface area contributed by atoms with E-state index in [1.54, 1.807) is 24.3 Å². The van der Waals surface area contributed by atoms with Crippen LogP contribution in [-0.2, 0) is 19.3 Å². The third-order valence-corrected chi connectivity index (χ3v) is 5.22. The Labute approximate surface area is 126 Å². The lowest BCUT2D eigenvalue weighted by molar-refractivity contribution is -0.136. The summed E-state index contributed by atoms with van der Waals surface area (Å²) in [5, 5.41) is 3.24. The lowest BCUT2D eigenvalue weighted by Crippen LogP contribution is -2.26. The van der Waals surface area contributed by atoms with Gasteiger partial charge >= 0.3 is 0 Å². The van der Waals surface area contributed by atoms with E-state index in [0.717, 1.165) is 5.69 Å². The third-order valence-electron chi connectivity index (χ3n) is 3.29. The molecule has 1 aromatic carbocycles. The topological polar surface area (TPSA) is 64.6 Å². The molecule has 1 heterocycles. The number of rotatable bonds is 6. The summed E-state index contributed by atoms with van der Waals surface area (Å²) in [6.07, 6.45) is 0.625. The second kappa shape index (κ2) is 6.34. The molecule has 0 aliphatic carbocycles. The average Bonchev–Trinajstić information content (AvgIpc) is 2.76. The predicted molar refractivity (Wildman–Crippen MR) is 82.2 cm³/mol. The molecule has 0 spiro atoms. The van der Waals surface area contributed by atoms with Crippen molar-refractivity contribution in [2.45, 2.75) is 44.0 Å². The molecule has 0 radical (unpaired) electrons. The Hall–Kier alpha value is -1.11. The van der Waals surface area contributed by atoms with E-state index in [2.05, 4.69) is 5.32 Å². The molecule has 1 atom stereocenters. The lowest BCUT2D eigenvalue weighted by Gasteiger charge is -2.17. The molecular formula is C15H23NO4S. The SMILES string of the molecule is CCCS(=O)(=O)c1ccc(NCC2COC(C)(C)O2)cc1. The fraction of sp³-hybridized carbons (Fsp3) is 0.600. The highest BCUT2D eigenvalue weighted by atomic mass is 32.2. The Morgan fingerprint density at radius 1 is 1.29 bits per heavy atom. The smallest absolute Gasteiger partial charge is 0.178 e. The summed E-state index contributed by atoms with van der Waals surface area (Å²) in [6.45, 7) is 6.83.